The molecule has 1 N–H and O–H groups in total. The summed E-state index contributed by atoms with van der Waals surface area (Å²) in [7, 11) is 0. The lowest BCUT2D eigenvalue weighted by Gasteiger charge is -2.28. The van der Waals surface area contributed by atoms with Crippen LogP contribution in [0.3, 0.4) is 0 Å². The van der Waals surface area contributed by atoms with Crippen LogP contribution >= 0.6 is 0 Å². The Morgan fingerprint density at radius 2 is 1.93 bits per heavy atom. The zero-order valence-corrected chi connectivity index (χ0v) is 16.5. The molecule has 1 aliphatic rings. The largest absolute Gasteiger partial charge is 0.490 e. The molecule has 1 heterocycles. The fourth-order valence-corrected chi connectivity index (χ4v) is 3.35. The summed E-state index contributed by atoms with van der Waals surface area (Å²) in [6.07, 6.45) is 0.527. The molecule has 1 fully saturated rings. The molecule has 0 aliphatic carbocycles. The molecule has 5 nitrogen and oxygen atoms in total. The third-order valence-corrected chi connectivity index (χ3v) is 4.92. The number of nitrogens with zero attached hydrogens (tertiary/aromatic N) is 1. The first-order valence-electron chi connectivity index (χ1n) is 9.90. The van der Waals surface area contributed by atoms with Crippen LogP contribution in [0.4, 0.5) is 0 Å². The zero-order valence-electron chi connectivity index (χ0n) is 16.5. The number of hydrogen-bond acceptors (Lipinski definition) is 5. The molecule has 0 spiro atoms. The van der Waals surface area contributed by atoms with Gasteiger partial charge in [0.2, 0.25) is 0 Å². The number of Topliss-reactive ketones (excluding diaryl/α,β-unsaturated/α-hetero) is 1. The van der Waals surface area contributed by atoms with E-state index in [-0.39, 0.29) is 12.4 Å². The van der Waals surface area contributed by atoms with Crippen molar-refractivity contribution in [3.8, 4) is 5.75 Å². The second-order valence-electron chi connectivity index (χ2n) is 7.29. The van der Waals surface area contributed by atoms with Crippen molar-refractivity contribution >= 4 is 5.78 Å². The van der Waals surface area contributed by atoms with Gasteiger partial charge in [-0.2, -0.15) is 0 Å². The average molecular weight is 383 g/mol. The Hall–Kier alpha value is -2.21. The van der Waals surface area contributed by atoms with Crippen LogP contribution in [0.15, 0.2) is 48.5 Å². The van der Waals surface area contributed by atoms with Crippen molar-refractivity contribution in [3.05, 3.63) is 65.2 Å². The Kier molecular flexibility index (Phi) is 7.60. The summed E-state index contributed by atoms with van der Waals surface area (Å²) in [5.74, 6) is 0.606. The molecule has 1 aliphatic heterocycles. The van der Waals surface area contributed by atoms with Crippen LogP contribution in [0, 0.1) is 6.92 Å². The molecule has 5 heteroatoms. The van der Waals surface area contributed by atoms with Crippen LogP contribution in [0.25, 0.3) is 0 Å². The fraction of sp³-hybridized carbons (Fsp3) is 0.435. The van der Waals surface area contributed by atoms with E-state index < -0.39 is 6.10 Å². The Morgan fingerprint density at radius 1 is 1.18 bits per heavy atom. The summed E-state index contributed by atoms with van der Waals surface area (Å²) >= 11 is 0. The summed E-state index contributed by atoms with van der Waals surface area (Å²) in [6, 6.07) is 15.6. The molecule has 2 aromatic carbocycles. The third-order valence-electron chi connectivity index (χ3n) is 4.92. The SMILES string of the molecule is Cc1ccc(OC[C@H](O)CN2CCOCC2)c(C(=O)CCc2ccccc2)c1. The number of aliphatic hydroxyl groups excluding tert-OH is 1. The van der Waals surface area contributed by atoms with Gasteiger partial charge in [-0.15, -0.1) is 0 Å². The van der Waals surface area contributed by atoms with Gasteiger partial charge in [-0.1, -0.05) is 42.0 Å². The monoisotopic (exact) mass is 383 g/mol. The highest BCUT2D eigenvalue weighted by molar-refractivity contribution is 5.99. The Balaban J connectivity index is 1.57. The van der Waals surface area contributed by atoms with E-state index in [2.05, 4.69) is 4.90 Å². The van der Waals surface area contributed by atoms with Gasteiger partial charge in [0, 0.05) is 26.1 Å². The lowest BCUT2D eigenvalue weighted by Crippen LogP contribution is -2.42. The highest BCUT2D eigenvalue weighted by atomic mass is 16.5. The maximum atomic E-state index is 12.8. The van der Waals surface area contributed by atoms with Gasteiger partial charge in [0.1, 0.15) is 18.5 Å². The van der Waals surface area contributed by atoms with Crippen LogP contribution in [-0.4, -0.2) is 61.3 Å². The Labute approximate surface area is 166 Å². The van der Waals surface area contributed by atoms with Crippen LogP contribution in [0.2, 0.25) is 0 Å². The molecule has 3 rings (SSSR count). The summed E-state index contributed by atoms with van der Waals surface area (Å²) in [6.45, 7) is 5.73. The van der Waals surface area contributed by atoms with E-state index in [0.29, 0.717) is 43.9 Å². The molecule has 0 radical (unpaired) electrons. The molecule has 150 valence electrons. The fourth-order valence-electron chi connectivity index (χ4n) is 3.35. The number of benzene rings is 2. The predicted molar refractivity (Wildman–Crippen MR) is 109 cm³/mol. The van der Waals surface area contributed by atoms with Gasteiger partial charge in [-0.3, -0.25) is 9.69 Å². The lowest BCUT2D eigenvalue weighted by atomic mass is 10.0. The maximum Gasteiger partial charge on any atom is 0.166 e. The molecule has 1 atom stereocenters. The predicted octanol–water partition coefficient (Wildman–Crippen LogP) is 2.88. The molecule has 0 amide bonds. The number of ketones is 1. The van der Waals surface area contributed by atoms with E-state index >= 15 is 0 Å². The number of rotatable bonds is 9. The molecule has 0 saturated carbocycles. The number of carbonyl (C=O) groups excluding carboxylic acids is 1. The van der Waals surface area contributed by atoms with E-state index in [1.807, 2.05) is 55.5 Å². The number of aliphatic hydroxyl groups is 1. The van der Waals surface area contributed by atoms with Gasteiger partial charge >= 0.3 is 0 Å². The van der Waals surface area contributed by atoms with Gasteiger partial charge in [0.05, 0.1) is 18.8 Å². The molecule has 0 unspecified atom stereocenters. The lowest BCUT2D eigenvalue weighted by molar-refractivity contribution is 0.00457. The second-order valence-corrected chi connectivity index (χ2v) is 7.29. The first kappa shape index (κ1) is 20.5. The van der Waals surface area contributed by atoms with E-state index in [1.165, 1.54) is 0 Å². The summed E-state index contributed by atoms with van der Waals surface area (Å²) in [5.41, 5.74) is 2.76. The minimum atomic E-state index is -0.605. The van der Waals surface area contributed by atoms with E-state index in [0.717, 1.165) is 24.2 Å². The Morgan fingerprint density at radius 3 is 2.68 bits per heavy atom. The molecule has 0 bridgehead atoms. The molecular formula is C23H29NO4. The van der Waals surface area contributed by atoms with Gasteiger partial charge in [0.25, 0.3) is 0 Å². The molecule has 28 heavy (non-hydrogen) atoms. The van der Waals surface area contributed by atoms with Crippen molar-refractivity contribution in [2.24, 2.45) is 0 Å². The summed E-state index contributed by atoms with van der Waals surface area (Å²) in [4.78, 5) is 15.0. The van der Waals surface area contributed by atoms with Crippen LogP contribution in [0.1, 0.15) is 27.9 Å². The number of β-amino-alcohol motifs (C(OH)–C–C–N with tert-alkyl or cyclic N) is 1. The van der Waals surface area contributed by atoms with Gasteiger partial charge in [-0.25, -0.2) is 0 Å². The average Bonchev–Trinajstić information content (AvgIpc) is 2.72. The van der Waals surface area contributed by atoms with Gasteiger partial charge in [-0.05, 0) is 31.0 Å². The standard InChI is InChI=1S/C23H29NO4/c1-18-7-10-23(28-17-20(25)16-24-11-13-27-14-12-24)21(15-18)22(26)9-8-19-5-3-2-4-6-19/h2-7,10,15,20,25H,8-9,11-14,16-17H2,1H3/t20-/m1/s1. The van der Waals surface area contributed by atoms with Crippen LogP contribution in [0.5, 0.6) is 5.75 Å². The topological polar surface area (TPSA) is 59.0 Å². The number of hydrogen-bond donors (Lipinski definition) is 1. The quantitative estimate of drug-likeness (QED) is 0.675. The first-order chi connectivity index (χ1) is 13.6. The minimum absolute atomic E-state index is 0.0604. The van der Waals surface area contributed by atoms with Crippen molar-refractivity contribution in [1.29, 1.82) is 0 Å². The van der Waals surface area contributed by atoms with Crippen LogP contribution < -0.4 is 4.74 Å². The number of aryl methyl sites for hydroxylation is 2. The van der Waals surface area contributed by atoms with E-state index in [1.54, 1.807) is 0 Å². The highest BCUT2D eigenvalue weighted by Gasteiger charge is 2.17. The first-order valence-corrected chi connectivity index (χ1v) is 9.90. The van der Waals surface area contributed by atoms with Gasteiger partial charge < -0.3 is 14.6 Å². The smallest absolute Gasteiger partial charge is 0.166 e. The zero-order chi connectivity index (χ0) is 19.8. The van der Waals surface area contributed by atoms with Crippen molar-refractivity contribution < 1.29 is 19.4 Å². The van der Waals surface area contributed by atoms with Crippen molar-refractivity contribution in [2.45, 2.75) is 25.9 Å². The minimum Gasteiger partial charge on any atom is -0.490 e. The maximum absolute atomic E-state index is 12.8. The van der Waals surface area contributed by atoms with Crippen molar-refractivity contribution in [1.82, 2.24) is 4.90 Å². The van der Waals surface area contributed by atoms with Gasteiger partial charge in [0.15, 0.2) is 5.78 Å². The van der Waals surface area contributed by atoms with Crippen molar-refractivity contribution in [3.63, 3.8) is 0 Å². The normalized spacial score (nSPS) is 15.9. The van der Waals surface area contributed by atoms with E-state index in [9.17, 15) is 9.90 Å². The van der Waals surface area contributed by atoms with Crippen LogP contribution in [-0.2, 0) is 11.2 Å². The summed E-state index contributed by atoms with van der Waals surface area (Å²) in [5, 5.41) is 10.3. The van der Waals surface area contributed by atoms with E-state index in [4.69, 9.17) is 9.47 Å². The number of carbonyl (C=O) groups is 1. The Bertz CT molecular complexity index is 756. The molecule has 2 aromatic rings. The molecule has 0 aromatic heterocycles. The number of morpholine rings is 1. The molecule has 1 saturated heterocycles. The second kappa shape index (κ2) is 10.4. The highest BCUT2D eigenvalue weighted by Crippen LogP contribution is 2.23. The third kappa shape index (κ3) is 6.16. The van der Waals surface area contributed by atoms with Crippen molar-refractivity contribution in [2.75, 3.05) is 39.5 Å². The molecular weight excluding hydrogens is 354 g/mol. The number of ether oxygens (including phenoxy) is 2. The summed E-state index contributed by atoms with van der Waals surface area (Å²) < 4.78 is 11.2.